The first-order chi connectivity index (χ1) is 14.0. The summed E-state index contributed by atoms with van der Waals surface area (Å²) >= 11 is 0. The molecule has 4 rings (SSSR count). The van der Waals surface area contributed by atoms with Crippen LogP contribution in [-0.2, 0) is 0 Å². The molecule has 0 fully saturated rings. The van der Waals surface area contributed by atoms with Gasteiger partial charge in [-0.1, -0.05) is 18.2 Å². The van der Waals surface area contributed by atoms with Gasteiger partial charge in [0, 0.05) is 17.1 Å². The number of nitrogens with one attached hydrogen (secondary N) is 1. The predicted octanol–water partition coefficient (Wildman–Crippen LogP) is 4.90. The average Bonchev–Trinajstić information content (AvgIpc) is 2.69. The Morgan fingerprint density at radius 2 is 1.79 bits per heavy atom. The van der Waals surface area contributed by atoms with E-state index in [1.54, 1.807) is 12.1 Å². The lowest BCUT2D eigenvalue weighted by molar-refractivity contribution is 0.102. The Balaban J connectivity index is 1.88. The third kappa shape index (κ3) is 3.98. The molecule has 0 saturated heterocycles. The summed E-state index contributed by atoms with van der Waals surface area (Å²) in [7, 11) is 0. The molecule has 144 valence electrons. The zero-order chi connectivity index (χ0) is 20.4. The standard InChI is InChI=1S/C22H14F2N2O3/c23-14-4-3-5-15(11-14)25-21(28)17-10-13-8-9-16(27)12-20(13)29-22(17)26-19-7-2-1-6-18(19)24/h1-12,27H,(H,25,28). The van der Waals surface area contributed by atoms with Crippen molar-refractivity contribution in [3.63, 3.8) is 0 Å². The van der Waals surface area contributed by atoms with Crippen molar-refractivity contribution in [2.45, 2.75) is 0 Å². The Morgan fingerprint density at radius 3 is 2.59 bits per heavy atom. The van der Waals surface area contributed by atoms with Crippen LogP contribution in [-0.4, -0.2) is 11.0 Å². The highest BCUT2D eigenvalue weighted by Crippen LogP contribution is 2.21. The van der Waals surface area contributed by atoms with Gasteiger partial charge in [0.15, 0.2) is 0 Å². The van der Waals surface area contributed by atoms with Crippen LogP contribution in [0.4, 0.5) is 20.2 Å². The van der Waals surface area contributed by atoms with Crippen LogP contribution in [0.15, 0.2) is 82.2 Å². The lowest BCUT2D eigenvalue weighted by Crippen LogP contribution is -2.21. The number of carbonyl (C=O) groups is 1. The monoisotopic (exact) mass is 392 g/mol. The zero-order valence-electron chi connectivity index (χ0n) is 14.9. The summed E-state index contributed by atoms with van der Waals surface area (Å²) in [5, 5.41) is 12.8. The molecule has 0 saturated carbocycles. The third-order valence-electron chi connectivity index (χ3n) is 4.14. The van der Waals surface area contributed by atoms with Crippen molar-refractivity contribution in [3.05, 3.63) is 95.5 Å². The van der Waals surface area contributed by atoms with Gasteiger partial charge < -0.3 is 14.8 Å². The number of halogens is 2. The van der Waals surface area contributed by atoms with E-state index in [9.17, 15) is 18.7 Å². The van der Waals surface area contributed by atoms with Crippen LogP contribution < -0.4 is 10.9 Å². The SMILES string of the molecule is O=C(Nc1cccc(F)c1)c1cc2ccc(O)cc2oc1=Nc1ccccc1F. The molecule has 0 aliphatic carbocycles. The maximum atomic E-state index is 14.1. The Morgan fingerprint density at radius 1 is 0.966 bits per heavy atom. The molecule has 3 aromatic carbocycles. The van der Waals surface area contributed by atoms with Gasteiger partial charge in [0.2, 0.25) is 5.55 Å². The van der Waals surface area contributed by atoms with Gasteiger partial charge in [-0.15, -0.1) is 0 Å². The lowest BCUT2D eigenvalue weighted by atomic mass is 10.1. The van der Waals surface area contributed by atoms with Crippen LogP contribution in [0.5, 0.6) is 5.75 Å². The van der Waals surface area contributed by atoms with Crippen molar-refractivity contribution < 1.29 is 23.1 Å². The van der Waals surface area contributed by atoms with Crippen LogP contribution in [0.3, 0.4) is 0 Å². The van der Waals surface area contributed by atoms with Crippen LogP contribution in [0.1, 0.15) is 10.4 Å². The van der Waals surface area contributed by atoms with Gasteiger partial charge in [-0.25, -0.2) is 13.8 Å². The molecule has 29 heavy (non-hydrogen) atoms. The largest absolute Gasteiger partial charge is 0.508 e. The van der Waals surface area contributed by atoms with Crippen molar-refractivity contribution in [1.82, 2.24) is 0 Å². The molecule has 4 aromatic rings. The van der Waals surface area contributed by atoms with E-state index in [-0.39, 0.29) is 33.8 Å². The maximum absolute atomic E-state index is 14.1. The van der Waals surface area contributed by atoms with Gasteiger partial charge in [-0.3, -0.25) is 4.79 Å². The normalized spacial score (nSPS) is 11.6. The van der Waals surface area contributed by atoms with E-state index in [2.05, 4.69) is 10.3 Å². The number of anilines is 1. The number of fused-ring (bicyclic) bond motifs is 1. The van der Waals surface area contributed by atoms with Gasteiger partial charge >= 0.3 is 0 Å². The van der Waals surface area contributed by atoms with Crippen LogP contribution >= 0.6 is 0 Å². The highest BCUT2D eigenvalue weighted by Gasteiger charge is 2.14. The Labute approximate surface area is 163 Å². The Kier molecular flexibility index (Phi) is 4.78. The number of para-hydroxylation sites is 1. The summed E-state index contributed by atoms with van der Waals surface area (Å²) in [4.78, 5) is 17.0. The van der Waals surface area contributed by atoms with E-state index < -0.39 is 17.5 Å². The fourth-order valence-electron chi connectivity index (χ4n) is 2.77. The van der Waals surface area contributed by atoms with Crippen molar-refractivity contribution in [1.29, 1.82) is 0 Å². The number of nitrogens with zero attached hydrogens (tertiary/aromatic N) is 1. The minimum atomic E-state index is -0.607. The number of benzene rings is 3. The molecule has 0 unspecified atom stereocenters. The Hall–Kier alpha value is -4.00. The first-order valence-electron chi connectivity index (χ1n) is 8.63. The molecule has 1 aromatic heterocycles. The second-order valence-electron chi connectivity index (χ2n) is 6.22. The number of aromatic hydroxyl groups is 1. The first-order valence-corrected chi connectivity index (χ1v) is 8.63. The second kappa shape index (κ2) is 7.55. The number of carbonyl (C=O) groups excluding carboxylic acids is 1. The van der Waals surface area contributed by atoms with Gasteiger partial charge in [-0.2, -0.15) is 0 Å². The van der Waals surface area contributed by atoms with Crippen molar-refractivity contribution >= 4 is 28.3 Å². The average molecular weight is 392 g/mol. The molecule has 5 nitrogen and oxygen atoms in total. The van der Waals surface area contributed by atoms with Crippen LogP contribution in [0, 0.1) is 11.6 Å². The van der Waals surface area contributed by atoms with E-state index >= 15 is 0 Å². The van der Waals surface area contributed by atoms with E-state index in [1.807, 2.05) is 0 Å². The number of hydrogen-bond acceptors (Lipinski definition) is 4. The highest BCUT2D eigenvalue weighted by molar-refractivity contribution is 6.05. The first kappa shape index (κ1) is 18.4. The quantitative estimate of drug-likeness (QED) is 0.521. The third-order valence-corrected chi connectivity index (χ3v) is 4.14. The molecule has 0 spiro atoms. The maximum Gasteiger partial charge on any atom is 0.261 e. The predicted molar refractivity (Wildman–Crippen MR) is 104 cm³/mol. The van der Waals surface area contributed by atoms with Crippen LogP contribution in [0.25, 0.3) is 11.0 Å². The minimum absolute atomic E-state index is 0.0180. The fraction of sp³-hybridized carbons (Fsp3) is 0. The fourth-order valence-corrected chi connectivity index (χ4v) is 2.77. The molecule has 0 radical (unpaired) electrons. The summed E-state index contributed by atoms with van der Waals surface area (Å²) in [6.07, 6.45) is 0. The van der Waals surface area contributed by atoms with E-state index in [4.69, 9.17) is 4.42 Å². The van der Waals surface area contributed by atoms with E-state index in [0.717, 1.165) is 0 Å². The summed E-state index contributed by atoms with van der Waals surface area (Å²) in [6, 6.07) is 17.1. The Bertz CT molecular complexity index is 1300. The molecular weight excluding hydrogens is 378 g/mol. The summed E-state index contributed by atoms with van der Waals surface area (Å²) < 4.78 is 33.2. The number of phenolic OH excluding ortho intramolecular Hbond substituents is 1. The second-order valence-corrected chi connectivity index (χ2v) is 6.22. The molecule has 0 aliphatic heterocycles. The molecule has 2 N–H and O–H groups in total. The number of rotatable bonds is 3. The van der Waals surface area contributed by atoms with Gasteiger partial charge in [-0.05, 0) is 48.5 Å². The summed E-state index contributed by atoms with van der Waals surface area (Å²) in [6.45, 7) is 0. The molecule has 1 amide bonds. The highest BCUT2D eigenvalue weighted by atomic mass is 19.1. The molecule has 0 aliphatic rings. The molecule has 7 heteroatoms. The molecule has 0 atom stereocenters. The van der Waals surface area contributed by atoms with Gasteiger partial charge in [0.05, 0.1) is 0 Å². The minimum Gasteiger partial charge on any atom is -0.508 e. The number of amides is 1. The summed E-state index contributed by atoms with van der Waals surface area (Å²) in [5.74, 6) is -1.73. The smallest absolute Gasteiger partial charge is 0.261 e. The van der Waals surface area contributed by atoms with Crippen LogP contribution in [0.2, 0.25) is 0 Å². The van der Waals surface area contributed by atoms with Crippen molar-refractivity contribution in [2.75, 3.05) is 5.32 Å². The van der Waals surface area contributed by atoms with Crippen molar-refractivity contribution in [2.24, 2.45) is 4.99 Å². The molecule has 0 bridgehead atoms. The van der Waals surface area contributed by atoms with Crippen molar-refractivity contribution in [3.8, 4) is 5.75 Å². The van der Waals surface area contributed by atoms with Gasteiger partial charge in [0.1, 0.15) is 34.2 Å². The zero-order valence-corrected chi connectivity index (χ0v) is 14.9. The molecular formula is C22H14F2N2O3. The lowest BCUT2D eigenvalue weighted by Gasteiger charge is -2.07. The van der Waals surface area contributed by atoms with E-state index in [0.29, 0.717) is 5.39 Å². The molecule has 1 heterocycles. The number of phenols is 1. The van der Waals surface area contributed by atoms with Gasteiger partial charge in [0.25, 0.3) is 5.91 Å². The number of hydrogen-bond donors (Lipinski definition) is 2. The topological polar surface area (TPSA) is 74.8 Å². The summed E-state index contributed by atoms with van der Waals surface area (Å²) in [5.41, 5.74) is 0.369. The van der Waals surface area contributed by atoms with E-state index in [1.165, 1.54) is 60.7 Å².